The maximum atomic E-state index is 12.1. The van der Waals surface area contributed by atoms with Crippen LogP contribution in [0.25, 0.3) is 0 Å². The Hall–Kier alpha value is -1.73. The van der Waals surface area contributed by atoms with Crippen LogP contribution in [0.4, 0.5) is 0 Å². The van der Waals surface area contributed by atoms with Crippen LogP contribution in [0.2, 0.25) is 0 Å². The van der Waals surface area contributed by atoms with Crippen molar-refractivity contribution in [3.05, 3.63) is 48.6 Å². The van der Waals surface area contributed by atoms with Crippen molar-refractivity contribution in [3.63, 3.8) is 0 Å². The van der Waals surface area contributed by atoms with E-state index in [1.54, 1.807) is 6.08 Å². The van der Waals surface area contributed by atoms with Crippen molar-refractivity contribution >= 4 is 5.91 Å². The monoisotopic (exact) mass is 1020 g/mol. The van der Waals surface area contributed by atoms with Gasteiger partial charge >= 0.3 is 0 Å². The van der Waals surface area contributed by atoms with Crippen LogP contribution in [-0.4, -0.2) is 52.8 Å². The molecule has 0 aromatic heterocycles. The van der Waals surface area contributed by atoms with Crippen molar-refractivity contribution in [1.82, 2.24) is 10.6 Å². The standard InChI is InChI=1S/C67H128N2O4/c1-3-5-7-9-11-13-15-17-32-36-40-44-48-52-56-60-66(72)68-62-58-54-50-46-42-38-34-31-29-27-25-23-21-19-20-22-24-26-28-30-33-37-41-45-49-53-57-61-67(73)69-64(63-70)65(71)59-55-51-47-43-39-35-18-16-14-12-10-8-6-4-2/h11,13,17,32,52,55-56,59,64-65,67,69-71,73H,3-10,12,14-16,18-31,33-51,53-54,57-58,60-63H2,1-2H3,(H,68,72)/b13-11-,32-17-,56-52+,59-55+. The zero-order valence-corrected chi connectivity index (χ0v) is 49.1. The average Bonchev–Trinajstić information content (AvgIpc) is 3.39. The second kappa shape index (κ2) is 62.8. The molecule has 0 aromatic rings. The highest BCUT2D eigenvalue weighted by atomic mass is 16.3. The van der Waals surface area contributed by atoms with E-state index >= 15 is 0 Å². The Kier molecular flexibility index (Phi) is 61.3. The van der Waals surface area contributed by atoms with Crippen LogP contribution in [0.1, 0.15) is 341 Å². The number of unbranched alkanes of at least 4 members (excludes halogenated alkanes) is 44. The number of aliphatic hydroxyl groups is 3. The van der Waals surface area contributed by atoms with Crippen LogP contribution < -0.4 is 10.6 Å². The molecule has 430 valence electrons. The Morgan fingerprint density at radius 3 is 1.11 bits per heavy atom. The van der Waals surface area contributed by atoms with Crippen LogP contribution in [0.3, 0.4) is 0 Å². The normalized spacial score (nSPS) is 13.4. The number of carbonyl (C=O) groups is 1. The predicted molar refractivity (Wildman–Crippen MR) is 322 cm³/mol. The SMILES string of the molecule is CCCCC/C=C\C/C=C\CCCC/C=C/CC(=O)NCCCCCCCCCCCCCCCCCCCCCCCCCCCCCC(O)NC(CO)C(O)/C=C/CCCCCCCCCCCCCC. The second-order valence-corrected chi connectivity index (χ2v) is 22.4. The quantitative estimate of drug-likeness (QED) is 0.0237. The van der Waals surface area contributed by atoms with Crippen molar-refractivity contribution in [2.24, 2.45) is 0 Å². The van der Waals surface area contributed by atoms with E-state index in [2.05, 4.69) is 54.9 Å². The molecular weight excluding hydrogens is 897 g/mol. The van der Waals surface area contributed by atoms with Gasteiger partial charge in [0.1, 0.15) is 6.23 Å². The van der Waals surface area contributed by atoms with Gasteiger partial charge in [-0.15, -0.1) is 0 Å². The molecule has 6 heteroatoms. The van der Waals surface area contributed by atoms with E-state index in [-0.39, 0.29) is 12.5 Å². The molecule has 0 spiro atoms. The summed E-state index contributed by atoms with van der Waals surface area (Å²) in [6.07, 6.45) is 81.3. The molecule has 5 N–H and O–H groups in total. The van der Waals surface area contributed by atoms with Gasteiger partial charge < -0.3 is 20.6 Å². The van der Waals surface area contributed by atoms with E-state index in [4.69, 9.17) is 0 Å². The van der Waals surface area contributed by atoms with Crippen molar-refractivity contribution in [2.75, 3.05) is 13.2 Å². The summed E-state index contributed by atoms with van der Waals surface area (Å²) in [6, 6.07) is -0.526. The molecule has 6 nitrogen and oxygen atoms in total. The third kappa shape index (κ3) is 59.4. The minimum Gasteiger partial charge on any atom is -0.395 e. The first-order chi connectivity index (χ1) is 36.0. The van der Waals surface area contributed by atoms with Gasteiger partial charge in [-0.05, 0) is 77.0 Å². The van der Waals surface area contributed by atoms with Gasteiger partial charge in [-0.2, -0.15) is 0 Å². The van der Waals surface area contributed by atoms with E-state index in [9.17, 15) is 20.1 Å². The molecule has 0 saturated carbocycles. The largest absolute Gasteiger partial charge is 0.395 e. The average molecular weight is 1030 g/mol. The molecule has 3 atom stereocenters. The van der Waals surface area contributed by atoms with E-state index in [0.29, 0.717) is 12.8 Å². The summed E-state index contributed by atoms with van der Waals surface area (Å²) in [6.45, 7) is 5.17. The van der Waals surface area contributed by atoms with Crippen LogP contribution in [0, 0.1) is 0 Å². The maximum Gasteiger partial charge on any atom is 0.223 e. The minimum absolute atomic E-state index is 0.168. The first-order valence-corrected chi connectivity index (χ1v) is 32.7. The van der Waals surface area contributed by atoms with E-state index in [1.807, 2.05) is 12.2 Å². The summed E-state index contributed by atoms with van der Waals surface area (Å²) in [5.74, 6) is 0.168. The van der Waals surface area contributed by atoms with Crippen LogP contribution in [-0.2, 0) is 4.79 Å². The fourth-order valence-electron chi connectivity index (χ4n) is 10.1. The van der Waals surface area contributed by atoms with Crippen LogP contribution in [0.15, 0.2) is 48.6 Å². The van der Waals surface area contributed by atoms with Gasteiger partial charge in [0.2, 0.25) is 5.91 Å². The highest BCUT2D eigenvalue weighted by molar-refractivity contribution is 5.77. The molecule has 0 bridgehead atoms. The van der Waals surface area contributed by atoms with E-state index in [0.717, 1.165) is 57.9 Å². The van der Waals surface area contributed by atoms with Crippen molar-refractivity contribution in [3.8, 4) is 0 Å². The molecule has 0 radical (unpaired) electrons. The molecule has 1 amide bonds. The molecular formula is C67H128N2O4. The lowest BCUT2D eigenvalue weighted by atomic mass is 10.0. The summed E-state index contributed by atoms with van der Waals surface area (Å²) in [5, 5.41) is 37.0. The number of aliphatic hydroxyl groups excluding tert-OH is 3. The lowest BCUT2D eigenvalue weighted by Crippen LogP contribution is -2.47. The summed E-state index contributed by atoms with van der Waals surface area (Å²) in [4.78, 5) is 12.1. The summed E-state index contributed by atoms with van der Waals surface area (Å²) in [5.41, 5.74) is 0. The second-order valence-electron chi connectivity index (χ2n) is 22.4. The number of hydrogen-bond donors (Lipinski definition) is 5. The highest BCUT2D eigenvalue weighted by Crippen LogP contribution is 2.18. The predicted octanol–water partition coefficient (Wildman–Crippen LogP) is 19.9. The van der Waals surface area contributed by atoms with Gasteiger partial charge in [0.25, 0.3) is 0 Å². The van der Waals surface area contributed by atoms with Crippen molar-refractivity contribution in [2.45, 2.75) is 360 Å². The molecule has 0 fully saturated rings. The molecule has 3 unspecified atom stereocenters. The molecule has 73 heavy (non-hydrogen) atoms. The number of carbonyl (C=O) groups excluding carboxylic acids is 1. The fourth-order valence-corrected chi connectivity index (χ4v) is 10.1. The highest BCUT2D eigenvalue weighted by Gasteiger charge is 2.18. The smallest absolute Gasteiger partial charge is 0.223 e. The zero-order chi connectivity index (χ0) is 52.9. The number of hydrogen-bond acceptors (Lipinski definition) is 5. The van der Waals surface area contributed by atoms with Gasteiger partial charge in [0.15, 0.2) is 0 Å². The van der Waals surface area contributed by atoms with Crippen LogP contribution >= 0.6 is 0 Å². The third-order valence-corrected chi connectivity index (χ3v) is 15.1. The number of nitrogens with one attached hydrogen (secondary N) is 2. The maximum absolute atomic E-state index is 12.1. The molecule has 0 aromatic carbocycles. The summed E-state index contributed by atoms with van der Waals surface area (Å²) < 4.78 is 0. The Morgan fingerprint density at radius 2 is 0.699 bits per heavy atom. The zero-order valence-electron chi connectivity index (χ0n) is 49.1. The number of amides is 1. The van der Waals surface area contributed by atoms with Gasteiger partial charge in [-0.3, -0.25) is 10.1 Å². The fraction of sp³-hybridized carbons (Fsp3) is 0.866. The first-order valence-electron chi connectivity index (χ1n) is 32.7. The Labute approximate surface area is 456 Å². The molecule has 0 aliphatic carbocycles. The lowest BCUT2D eigenvalue weighted by molar-refractivity contribution is -0.120. The summed E-state index contributed by atoms with van der Waals surface area (Å²) >= 11 is 0. The van der Waals surface area contributed by atoms with Gasteiger partial charge in [-0.1, -0.05) is 306 Å². The molecule has 0 saturated heterocycles. The van der Waals surface area contributed by atoms with E-state index in [1.165, 1.54) is 263 Å². The van der Waals surface area contributed by atoms with Gasteiger partial charge in [-0.25, -0.2) is 0 Å². The van der Waals surface area contributed by atoms with E-state index < -0.39 is 18.4 Å². The van der Waals surface area contributed by atoms with Crippen molar-refractivity contribution in [1.29, 1.82) is 0 Å². The van der Waals surface area contributed by atoms with Gasteiger partial charge in [0.05, 0.1) is 18.8 Å². The topological polar surface area (TPSA) is 102 Å². The molecule has 0 heterocycles. The first kappa shape index (κ1) is 71.3. The molecule has 0 aliphatic rings. The lowest BCUT2D eigenvalue weighted by Gasteiger charge is -2.23. The minimum atomic E-state index is -0.781. The Morgan fingerprint density at radius 1 is 0.384 bits per heavy atom. The number of rotatable bonds is 61. The van der Waals surface area contributed by atoms with Crippen LogP contribution in [0.5, 0.6) is 0 Å². The third-order valence-electron chi connectivity index (χ3n) is 15.1. The summed E-state index contributed by atoms with van der Waals surface area (Å²) in [7, 11) is 0. The van der Waals surface area contributed by atoms with Crippen molar-refractivity contribution < 1.29 is 20.1 Å². The molecule has 0 rings (SSSR count). The van der Waals surface area contributed by atoms with Gasteiger partial charge in [0, 0.05) is 13.0 Å². The Balaban J connectivity index is 3.38. The number of allylic oxidation sites excluding steroid dienone is 6. The molecule has 0 aliphatic heterocycles. The Bertz CT molecular complexity index is 1180.